The molecule has 5 nitrogen and oxygen atoms in total. The number of para-hydroxylation sites is 1. The van der Waals surface area contributed by atoms with E-state index in [-0.39, 0.29) is 18.3 Å². The number of thioether (sulfide) groups is 1. The summed E-state index contributed by atoms with van der Waals surface area (Å²) in [5.41, 5.74) is 2.40. The lowest BCUT2D eigenvalue weighted by molar-refractivity contribution is -0.122. The summed E-state index contributed by atoms with van der Waals surface area (Å²) in [5, 5.41) is 0.596. The van der Waals surface area contributed by atoms with Gasteiger partial charge in [-0.25, -0.2) is 9.38 Å². The Balaban J connectivity index is 1.37. The highest BCUT2D eigenvalue weighted by atomic mass is 127. The average Bonchev–Trinajstić information content (AvgIpc) is 3.49. The number of benzene rings is 3. The van der Waals surface area contributed by atoms with Crippen molar-refractivity contribution in [2.45, 2.75) is 13.2 Å². The Kier molecular flexibility index (Phi) is 7.52. The molecule has 0 aliphatic carbocycles. The van der Waals surface area contributed by atoms with Gasteiger partial charge < -0.3 is 9.15 Å². The number of ether oxygens (including phenoxy) is 1. The maximum Gasteiger partial charge on any atom is 0.267 e. The Morgan fingerprint density at radius 2 is 1.89 bits per heavy atom. The summed E-state index contributed by atoms with van der Waals surface area (Å²) in [5.74, 6) is 0.953. The smallest absolute Gasteiger partial charge is 0.267 e. The lowest BCUT2D eigenvalue weighted by Crippen LogP contribution is -2.28. The van der Waals surface area contributed by atoms with Crippen LogP contribution in [0.1, 0.15) is 16.9 Å². The van der Waals surface area contributed by atoms with Crippen molar-refractivity contribution in [2.24, 2.45) is 4.99 Å². The number of aliphatic imine (C=N–C) groups is 1. The first-order valence-corrected chi connectivity index (χ1v) is 13.0. The Morgan fingerprint density at radius 1 is 1.03 bits per heavy atom. The van der Waals surface area contributed by atoms with Crippen LogP contribution in [0.3, 0.4) is 0 Å². The van der Waals surface area contributed by atoms with E-state index in [1.54, 1.807) is 23.3 Å². The molecule has 1 aromatic heterocycles. The number of furan rings is 1. The average molecular weight is 610 g/mol. The normalized spacial score (nSPS) is 15.7. The molecular formula is C28H20FIN2O3S. The number of hydrogen-bond acceptors (Lipinski definition) is 5. The zero-order valence-corrected chi connectivity index (χ0v) is 21.9. The van der Waals surface area contributed by atoms with Gasteiger partial charge in [-0.2, -0.15) is 0 Å². The molecule has 1 saturated heterocycles. The van der Waals surface area contributed by atoms with Gasteiger partial charge in [-0.05, 0) is 100 Å². The Labute approximate surface area is 225 Å². The van der Waals surface area contributed by atoms with Crippen LogP contribution in [-0.2, 0) is 17.9 Å². The van der Waals surface area contributed by atoms with Crippen LogP contribution in [0.4, 0.5) is 10.1 Å². The van der Waals surface area contributed by atoms with Crippen molar-refractivity contribution in [3.05, 3.63) is 122 Å². The topological polar surface area (TPSA) is 55.0 Å². The van der Waals surface area contributed by atoms with E-state index < -0.39 is 0 Å². The molecule has 0 saturated carbocycles. The molecule has 0 spiro atoms. The molecule has 2 heterocycles. The highest BCUT2D eigenvalue weighted by Crippen LogP contribution is 2.36. The number of carbonyl (C=O) groups is 1. The lowest BCUT2D eigenvalue weighted by atomic mass is 10.2. The summed E-state index contributed by atoms with van der Waals surface area (Å²) in [6.45, 7) is 0.565. The molecule has 3 aromatic carbocycles. The molecule has 5 rings (SSSR count). The van der Waals surface area contributed by atoms with Crippen molar-refractivity contribution >= 4 is 57.2 Å². The van der Waals surface area contributed by atoms with Crippen molar-refractivity contribution in [1.29, 1.82) is 0 Å². The molecule has 1 aliphatic heterocycles. The van der Waals surface area contributed by atoms with Gasteiger partial charge in [0, 0.05) is 0 Å². The first-order chi connectivity index (χ1) is 17.5. The molecule has 1 fully saturated rings. The minimum atomic E-state index is -0.289. The standard InChI is InChI=1S/C28H20FIN2O3S/c29-21-7-4-6-20(14-21)18-35-25-12-11-19(15-24(25)30)16-26-27(33)32(17-23-10-5-13-34-23)28(36-26)31-22-8-2-1-3-9-22/h1-16H,17-18H2/b26-16-,31-28?. The molecule has 8 heteroatoms. The van der Waals surface area contributed by atoms with Gasteiger partial charge >= 0.3 is 0 Å². The molecule has 1 amide bonds. The van der Waals surface area contributed by atoms with Gasteiger partial charge in [-0.3, -0.25) is 9.69 Å². The van der Waals surface area contributed by atoms with E-state index in [1.165, 1.54) is 23.9 Å². The van der Waals surface area contributed by atoms with E-state index in [9.17, 15) is 9.18 Å². The number of amidine groups is 1. The number of halogens is 2. The molecule has 0 radical (unpaired) electrons. The zero-order chi connectivity index (χ0) is 24.9. The van der Waals surface area contributed by atoms with Crippen molar-refractivity contribution in [3.63, 3.8) is 0 Å². The fourth-order valence-electron chi connectivity index (χ4n) is 3.57. The molecule has 0 unspecified atom stereocenters. The minimum Gasteiger partial charge on any atom is -0.488 e. The Hall–Kier alpha value is -3.37. The number of hydrogen-bond donors (Lipinski definition) is 0. The first-order valence-electron chi connectivity index (χ1n) is 11.1. The van der Waals surface area contributed by atoms with Gasteiger partial charge in [0.15, 0.2) is 5.17 Å². The molecule has 0 bridgehead atoms. The fraction of sp³-hybridized carbons (Fsp3) is 0.0714. The summed E-state index contributed by atoms with van der Waals surface area (Å²) in [6, 6.07) is 25.2. The summed E-state index contributed by atoms with van der Waals surface area (Å²) in [6.07, 6.45) is 3.45. The van der Waals surface area contributed by atoms with Crippen LogP contribution in [0.5, 0.6) is 5.75 Å². The molecule has 1 aliphatic rings. The monoisotopic (exact) mass is 610 g/mol. The second-order valence-electron chi connectivity index (χ2n) is 7.92. The Bertz CT molecular complexity index is 1440. The number of carbonyl (C=O) groups excluding carboxylic acids is 1. The maximum absolute atomic E-state index is 13.4. The van der Waals surface area contributed by atoms with Gasteiger partial charge in [0.1, 0.15) is 23.9 Å². The van der Waals surface area contributed by atoms with E-state index >= 15 is 0 Å². The van der Waals surface area contributed by atoms with Crippen LogP contribution < -0.4 is 4.74 Å². The predicted octanol–water partition coefficient (Wildman–Crippen LogP) is 7.41. The van der Waals surface area contributed by atoms with E-state index in [2.05, 4.69) is 22.6 Å². The number of nitrogens with zero attached hydrogens (tertiary/aromatic N) is 2. The van der Waals surface area contributed by atoms with Crippen LogP contribution >= 0.6 is 34.4 Å². The van der Waals surface area contributed by atoms with E-state index in [4.69, 9.17) is 14.1 Å². The largest absolute Gasteiger partial charge is 0.488 e. The van der Waals surface area contributed by atoms with E-state index in [0.29, 0.717) is 28.1 Å². The second kappa shape index (κ2) is 11.1. The summed E-state index contributed by atoms with van der Waals surface area (Å²) in [7, 11) is 0. The third kappa shape index (κ3) is 5.88. The lowest BCUT2D eigenvalue weighted by Gasteiger charge is -2.13. The van der Waals surface area contributed by atoms with E-state index in [0.717, 1.165) is 20.4 Å². The third-order valence-electron chi connectivity index (χ3n) is 5.30. The van der Waals surface area contributed by atoms with Crippen LogP contribution in [0.25, 0.3) is 6.08 Å². The summed E-state index contributed by atoms with van der Waals surface area (Å²) < 4.78 is 25.7. The molecule has 180 valence electrons. The second-order valence-corrected chi connectivity index (χ2v) is 10.1. The van der Waals surface area contributed by atoms with Crippen LogP contribution in [0.15, 0.2) is 106 Å². The van der Waals surface area contributed by atoms with Crippen LogP contribution in [0, 0.1) is 9.39 Å². The Morgan fingerprint density at radius 3 is 2.64 bits per heavy atom. The minimum absolute atomic E-state index is 0.132. The van der Waals surface area contributed by atoms with Gasteiger partial charge in [0.2, 0.25) is 0 Å². The van der Waals surface area contributed by atoms with Crippen molar-refractivity contribution in [3.8, 4) is 5.75 Å². The quantitative estimate of drug-likeness (QED) is 0.162. The van der Waals surface area contributed by atoms with Crippen molar-refractivity contribution in [2.75, 3.05) is 0 Å². The zero-order valence-electron chi connectivity index (χ0n) is 18.9. The molecule has 0 atom stereocenters. The van der Waals surface area contributed by atoms with Gasteiger partial charge in [-0.1, -0.05) is 36.4 Å². The van der Waals surface area contributed by atoms with Crippen molar-refractivity contribution < 1.29 is 18.3 Å². The highest BCUT2D eigenvalue weighted by Gasteiger charge is 2.34. The molecular weight excluding hydrogens is 590 g/mol. The predicted molar refractivity (Wildman–Crippen MR) is 148 cm³/mol. The SMILES string of the molecule is O=C1/C(=C/c2ccc(OCc3cccc(F)c3)c(I)c2)SC(=Nc2ccccc2)N1Cc1ccco1. The highest BCUT2D eigenvalue weighted by molar-refractivity contribution is 14.1. The molecule has 0 N–H and O–H groups in total. The number of rotatable bonds is 7. The molecule has 4 aromatic rings. The van der Waals surface area contributed by atoms with Gasteiger partial charge in [-0.15, -0.1) is 0 Å². The van der Waals surface area contributed by atoms with E-state index in [1.807, 2.05) is 66.7 Å². The van der Waals surface area contributed by atoms with Gasteiger partial charge in [0.05, 0.1) is 27.0 Å². The van der Waals surface area contributed by atoms with Crippen LogP contribution in [-0.4, -0.2) is 16.0 Å². The van der Waals surface area contributed by atoms with Gasteiger partial charge in [0.25, 0.3) is 5.91 Å². The van der Waals surface area contributed by atoms with Crippen molar-refractivity contribution in [1.82, 2.24) is 4.90 Å². The van der Waals surface area contributed by atoms with Crippen LogP contribution in [0.2, 0.25) is 0 Å². The first kappa shape index (κ1) is 24.3. The number of amides is 1. The summed E-state index contributed by atoms with van der Waals surface area (Å²) >= 11 is 3.53. The fourth-order valence-corrected chi connectivity index (χ4v) is 5.26. The molecule has 36 heavy (non-hydrogen) atoms. The third-order valence-corrected chi connectivity index (χ3v) is 7.15. The maximum atomic E-state index is 13.4. The summed E-state index contributed by atoms with van der Waals surface area (Å²) in [4.78, 5) is 20.2.